The fraction of sp³-hybridized carbons (Fsp3) is 0.341. The molecular formula is C44H50N2O5. The van der Waals surface area contributed by atoms with E-state index < -0.39 is 5.97 Å². The molecule has 0 spiro atoms. The predicted molar refractivity (Wildman–Crippen MR) is 204 cm³/mol. The van der Waals surface area contributed by atoms with Gasteiger partial charge < -0.3 is 14.6 Å². The highest BCUT2D eigenvalue weighted by molar-refractivity contribution is 5.72. The van der Waals surface area contributed by atoms with Crippen LogP contribution in [-0.2, 0) is 43.5 Å². The molecule has 1 N–H and O–H groups in total. The molecule has 0 bridgehead atoms. The van der Waals surface area contributed by atoms with Gasteiger partial charge in [-0.25, -0.2) is 4.98 Å². The number of hydrogen-bond donors (Lipinski definition) is 1. The van der Waals surface area contributed by atoms with Crippen molar-refractivity contribution < 1.29 is 19.4 Å². The summed E-state index contributed by atoms with van der Waals surface area (Å²) in [4.78, 5) is 31.2. The summed E-state index contributed by atoms with van der Waals surface area (Å²) < 4.78 is 14.4. The van der Waals surface area contributed by atoms with Gasteiger partial charge in [0.1, 0.15) is 29.7 Å². The molecule has 266 valence electrons. The molecule has 0 fully saturated rings. The van der Waals surface area contributed by atoms with Crippen molar-refractivity contribution in [3.8, 4) is 22.9 Å². The van der Waals surface area contributed by atoms with Gasteiger partial charge in [0.2, 0.25) is 0 Å². The van der Waals surface area contributed by atoms with Crippen molar-refractivity contribution in [2.75, 3.05) is 0 Å². The zero-order chi connectivity index (χ0) is 36.3. The van der Waals surface area contributed by atoms with E-state index in [1.54, 1.807) is 4.57 Å². The Hall–Kier alpha value is -5.17. The third-order valence-corrected chi connectivity index (χ3v) is 9.10. The third kappa shape index (κ3) is 9.34. The summed E-state index contributed by atoms with van der Waals surface area (Å²) in [5.41, 5.74) is 8.05. The molecular weight excluding hydrogens is 636 g/mol. The van der Waals surface area contributed by atoms with E-state index in [9.17, 15) is 14.7 Å². The second-order valence-corrected chi connectivity index (χ2v) is 13.3. The Bertz CT molecular complexity index is 1970. The molecule has 0 unspecified atom stereocenters. The average Bonchev–Trinajstić information content (AvgIpc) is 3.11. The van der Waals surface area contributed by atoms with Crippen LogP contribution in [0, 0.1) is 13.8 Å². The maximum absolute atomic E-state index is 14.5. The highest BCUT2D eigenvalue weighted by atomic mass is 16.5. The second-order valence-electron chi connectivity index (χ2n) is 13.3. The van der Waals surface area contributed by atoms with E-state index >= 15 is 0 Å². The number of aryl methyl sites for hydroxylation is 5. The molecule has 1 aromatic heterocycles. The number of hydrogen-bond acceptors (Lipinski definition) is 5. The highest BCUT2D eigenvalue weighted by Gasteiger charge is 2.21. The smallest absolute Gasteiger partial charge is 0.307 e. The first-order valence-electron chi connectivity index (χ1n) is 18.2. The molecule has 7 nitrogen and oxygen atoms in total. The van der Waals surface area contributed by atoms with Crippen LogP contribution < -0.4 is 15.0 Å². The van der Waals surface area contributed by atoms with Gasteiger partial charge in [-0.3, -0.25) is 14.2 Å². The lowest BCUT2D eigenvalue weighted by Crippen LogP contribution is -2.28. The number of unbranched alkanes of at least 4 members (excludes halogenated alkanes) is 1. The van der Waals surface area contributed by atoms with Crippen molar-refractivity contribution in [1.29, 1.82) is 0 Å². The van der Waals surface area contributed by atoms with Gasteiger partial charge in [-0.05, 0) is 91.6 Å². The molecule has 0 saturated heterocycles. The molecule has 5 rings (SSSR count). The minimum Gasteiger partial charge on any atom is -0.489 e. The molecule has 0 aliphatic carbocycles. The molecule has 51 heavy (non-hydrogen) atoms. The summed E-state index contributed by atoms with van der Waals surface area (Å²) in [6, 6.07) is 27.6. The summed E-state index contributed by atoms with van der Waals surface area (Å²) in [5, 5.41) is 9.59. The van der Waals surface area contributed by atoms with E-state index in [1.165, 1.54) is 0 Å². The summed E-state index contributed by atoms with van der Waals surface area (Å²) in [6.45, 7) is 10.8. The lowest BCUT2D eigenvalue weighted by molar-refractivity contribution is -0.136. The fourth-order valence-electron chi connectivity index (χ4n) is 6.62. The Labute approximate surface area is 301 Å². The molecule has 5 aromatic rings. The first-order valence-corrected chi connectivity index (χ1v) is 18.2. The zero-order valence-corrected chi connectivity index (χ0v) is 30.6. The molecule has 1 heterocycles. The van der Waals surface area contributed by atoms with Crippen molar-refractivity contribution in [2.45, 2.75) is 99.0 Å². The first-order chi connectivity index (χ1) is 24.7. The predicted octanol–water partition coefficient (Wildman–Crippen LogP) is 9.69. The highest BCUT2D eigenvalue weighted by Crippen LogP contribution is 2.37. The van der Waals surface area contributed by atoms with Gasteiger partial charge in [0.15, 0.2) is 0 Å². The first kappa shape index (κ1) is 37.1. The van der Waals surface area contributed by atoms with E-state index in [2.05, 4.69) is 32.9 Å². The summed E-state index contributed by atoms with van der Waals surface area (Å²) in [5.74, 6) is 1.89. The van der Waals surface area contributed by atoms with Crippen molar-refractivity contribution >= 4 is 5.97 Å². The number of nitrogens with zero attached hydrogens (tertiary/aromatic N) is 2. The van der Waals surface area contributed by atoms with Crippen LogP contribution in [0.5, 0.6) is 17.2 Å². The van der Waals surface area contributed by atoms with Gasteiger partial charge >= 0.3 is 5.97 Å². The Morgan fingerprint density at radius 1 is 0.765 bits per heavy atom. The molecule has 0 radical (unpaired) electrons. The Morgan fingerprint density at radius 3 is 2.08 bits per heavy atom. The third-order valence-electron chi connectivity index (χ3n) is 9.10. The van der Waals surface area contributed by atoms with E-state index in [1.807, 2.05) is 86.6 Å². The van der Waals surface area contributed by atoms with Crippen LogP contribution in [0.2, 0.25) is 0 Å². The van der Waals surface area contributed by atoms with Crippen LogP contribution in [0.1, 0.15) is 96.9 Å². The van der Waals surface area contributed by atoms with E-state index in [0.29, 0.717) is 35.7 Å². The monoisotopic (exact) mass is 686 g/mol. The minimum absolute atomic E-state index is 0.0563. The van der Waals surface area contributed by atoms with Gasteiger partial charge in [-0.2, -0.15) is 0 Å². The Kier molecular flexibility index (Phi) is 12.8. The SMILES string of the molecule is CCCCc1nc(C)n(-c2ccc(OCc3ccccc3)cc2)c(=O)c1Cc1cc(CCC)c(Oc2c(C)cccc2CC(=O)O)c(CCC)c1. The summed E-state index contributed by atoms with van der Waals surface area (Å²) in [6.07, 6.45) is 6.42. The number of ether oxygens (including phenoxy) is 2. The quantitative estimate of drug-likeness (QED) is 0.105. The molecule has 0 atom stereocenters. The van der Waals surface area contributed by atoms with Crippen molar-refractivity contribution in [2.24, 2.45) is 0 Å². The van der Waals surface area contributed by atoms with Gasteiger partial charge in [0.05, 0.1) is 17.8 Å². The molecule has 0 saturated carbocycles. The van der Waals surface area contributed by atoms with Gasteiger partial charge in [0.25, 0.3) is 5.56 Å². The van der Waals surface area contributed by atoms with Crippen LogP contribution in [0.15, 0.2) is 89.7 Å². The molecule has 4 aromatic carbocycles. The number of carboxylic acids is 1. The Balaban J connectivity index is 1.53. The lowest BCUT2D eigenvalue weighted by Gasteiger charge is -2.21. The fourth-order valence-corrected chi connectivity index (χ4v) is 6.62. The largest absolute Gasteiger partial charge is 0.489 e. The Morgan fingerprint density at radius 2 is 1.45 bits per heavy atom. The molecule has 0 aliphatic rings. The van der Waals surface area contributed by atoms with Crippen molar-refractivity contribution in [1.82, 2.24) is 9.55 Å². The normalized spacial score (nSPS) is 11.1. The van der Waals surface area contributed by atoms with Crippen molar-refractivity contribution in [3.63, 3.8) is 0 Å². The number of carboxylic acid groups (broad SMARTS) is 1. The van der Waals surface area contributed by atoms with E-state index in [4.69, 9.17) is 14.5 Å². The topological polar surface area (TPSA) is 90.7 Å². The van der Waals surface area contributed by atoms with Gasteiger partial charge in [0, 0.05) is 17.5 Å². The van der Waals surface area contributed by atoms with E-state index in [-0.39, 0.29) is 12.0 Å². The molecule has 7 heteroatoms. The van der Waals surface area contributed by atoms with Crippen LogP contribution in [-0.4, -0.2) is 20.6 Å². The van der Waals surface area contributed by atoms with Gasteiger partial charge in [-0.1, -0.05) is 101 Å². The van der Waals surface area contributed by atoms with Crippen LogP contribution in [0.4, 0.5) is 0 Å². The van der Waals surface area contributed by atoms with Crippen LogP contribution in [0.3, 0.4) is 0 Å². The maximum Gasteiger partial charge on any atom is 0.307 e. The number of aliphatic carboxylic acids is 1. The molecule has 0 aliphatic heterocycles. The van der Waals surface area contributed by atoms with Crippen LogP contribution >= 0.6 is 0 Å². The van der Waals surface area contributed by atoms with E-state index in [0.717, 1.165) is 95.6 Å². The maximum atomic E-state index is 14.5. The molecule has 0 amide bonds. The lowest BCUT2D eigenvalue weighted by atomic mass is 9.94. The minimum atomic E-state index is -0.896. The number of rotatable bonds is 17. The number of aromatic nitrogens is 2. The van der Waals surface area contributed by atoms with Crippen molar-refractivity contribution in [3.05, 3.63) is 146 Å². The van der Waals surface area contributed by atoms with Gasteiger partial charge in [-0.15, -0.1) is 0 Å². The second kappa shape index (κ2) is 17.7. The summed E-state index contributed by atoms with van der Waals surface area (Å²) >= 11 is 0. The average molecular weight is 687 g/mol. The standard InChI is InChI=1S/C44H50N2O5/c1-6-9-20-40-39(44(49)46(31(5)45-40)37-21-23-38(24-22-37)50-29-32-17-11-10-12-18-32)27-33-25-34(14-7-2)43(35(26-33)15-8-3)51-42-30(4)16-13-19-36(42)28-41(47)48/h10-13,16-19,21-26H,6-9,14-15,20,27-29H2,1-5H3,(H,47,48). The van der Waals surface area contributed by atoms with Crippen LogP contribution in [0.25, 0.3) is 5.69 Å². The zero-order valence-electron chi connectivity index (χ0n) is 30.6. The number of benzene rings is 4. The summed E-state index contributed by atoms with van der Waals surface area (Å²) in [7, 11) is 0. The number of carbonyl (C=O) groups is 1. The number of para-hydroxylation sites is 1.